The summed E-state index contributed by atoms with van der Waals surface area (Å²) in [7, 11) is -3.24. The van der Waals surface area contributed by atoms with Crippen LogP contribution in [0.3, 0.4) is 0 Å². The summed E-state index contributed by atoms with van der Waals surface area (Å²) in [5, 5.41) is 10.9. The lowest BCUT2D eigenvalue weighted by Gasteiger charge is -2.33. The lowest BCUT2D eigenvalue weighted by molar-refractivity contribution is 0.107. The summed E-state index contributed by atoms with van der Waals surface area (Å²) in [6.07, 6.45) is 10.0. The van der Waals surface area contributed by atoms with E-state index in [0.29, 0.717) is 50.1 Å². The molecule has 240 valence electrons. The number of piperidine rings is 1. The number of aromatic hydroxyl groups is 1. The molecule has 1 N–H and O–H groups in total. The number of terminal acetylenes is 1. The van der Waals surface area contributed by atoms with Crippen LogP contribution in [0.4, 0.5) is 19.0 Å². The summed E-state index contributed by atoms with van der Waals surface area (Å²) < 4.78 is 76.5. The minimum Gasteiger partial charge on any atom is -0.508 e. The number of halogens is 3. The van der Waals surface area contributed by atoms with Crippen LogP contribution in [0.15, 0.2) is 30.5 Å². The van der Waals surface area contributed by atoms with Gasteiger partial charge in [0.1, 0.15) is 51.2 Å². The van der Waals surface area contributed by atoms with Crippen molar-refractivity contribution in [1.29, 1.82) is 0 Å². The van der Waals surface area contributed by atoms with E-state index in [1.165, 1.54) is 36.7 Å². The third-order valence-electron chi connectivity index (χ3n) is 9.67. The molecule has 3 aliphatic rings. The van der Waals surface area contributed by atoms with Crippen LogP contribution in [0.5, 0.6) is 11.8 Å². The molecule has 2 aromatic carbocycles. The Labute approximate surface area is 264 Å². The first kappa shape index (κ1) is 30.5. The third kappa shape index (κ3) is 5.17. The minimum absolute atomic E-state index is 0.0823. The van der Waals surface area contributed by atoms with Crippen molar-refractivity contribution in [3.05, 3.63) is 47.7 Å². The first-order chi connectivity index (χ1) is 22.0. The Morgan fingerprint density at radius 1 is 1.17 bits per heavy atom. The monoisotopic (exact) mass is 651 g/mol. The summed E-state index contributed by atoms with van der Waals surface area (Å²) in [5.74, 6) is 0.933. The largest absolute Gasteiger partial charge is 0.508 e. The first-order valence-corrected chi connectivity index (χ1v) is 17.2. The van der Waals surface area contributed by atoms with E-state index < -0.39 is 38.4 Å². The molecular formula is C33H32F3N5O4S. The zero-order valence-electron chi connectivity index (χ0n) is 25.1. The molecule has 13 heteroatoms. The summed E-state index contributed by atoms with van der Waals surface area (Å²) in [6.45, 7) is 1.91. The van der Waals surface area contributed by atoms with Gasteiger partial charge in [0.25, 0.3) is 0 Å². The number of rotatable bonds is 6. The highest BCUT2D eigenvalue weighted by Gasteiger charge is 2.49. The van der Waals surface area contributed by atoms with Crippen LogP contribution in [-0.2, 0) is 9.84 Å². The average Bonchev–Trinajstić information content (AvgIpc) is 3.55. The second-order valence-electron chi connectivity index (χ2n) is 12.6. The van der Waals surface area contributed by atoms with Crippen molar-refractivity contribution in [1.82, 2.24) is 19.9 Å². The van der Waals surface area contributed by atoms with E-state index in [1.807, 2.05) is 4.90 Å². The molecule has 7 rings (SSSR count). The van der Waals surface area contributed by atoms with Gasteiger partial charge in [0.15, 0.2) is 5.82 Å². The van der Waals surface area contributed by atoms with Gasteiger partial charge in [-0.05, 0) is 55.8 Å². The molecule has 0 bridgehead atoms. The number of alkyl halides is 1. The summed E-state index contributed by atoms with van der Waals surface area (Å²) in [4.78, 5) is 17.5. The highest BCUT2D eigenvalue weighted by atomic mass is 32.2. The second-order valence-corrected chi connectivity index (χ2v) is 14.9. The van der Waals surface area contributed by atoms with Crippen molar-refractivity contribution in [2.45, 2.75) is 49.1 Å². The predicted molar refractivity (Wildman–Crippen MR) is 168 cm³/mol. The van der Waals surface area contributed by atoms with Crippen molar-refractivity contribution in [2.24, 2.45) is 0 Å². The number of fused-ring (bicyclic) bond motifs is 3. The van der Waals surface area contributed by atoms with E-state index in [4.69, 9.17) is 11.2 Å². The van der Waals surface area contributed by atoms with Gasteiger partial charge in [-0.3, -0.25) is 9.88 Å². The number of hydrogen-bond acceptors (Lipinski definition) is 9. The number of nitrogens with zero attached hydrogens (tertiary/aromatic N) is 5. The van der Waals surface area contributed by atoms with Crippen molar-refractivity contribution in [3.63, 3.8) is 0 Å². The van der Waals surface area contributed by atoms with Gasteiger partial charge in [0, 0.05) is 49.5 Å². The van der Waals surface area contributed by atoms with Crippen molar-refractivity contribution in [3.8, 4) is 35.4 Å². The van der Waals surface area contributed by atoms with Gasteiger partial charge in [-0.2, -0.15) is 9.97 Å². The number of anilines is 1. The van der Waals surface area contributed by atoms with Crippen LogP contribution < -0.4 is 9.64 Å². The molecule has 3 saturated heterocycles. The van der Waals surface area contributed by atoms with E-state index in [9.17, 15) is 22.3 Å². The van der Waals surface area contributed by atoms with Crippen molar-refractivity contribution < 1.29 is 31.4 Å². The Morgan fingerprint density at radius 2 is 1.96 bits per heavy atom. The van der Waals surface area contributed by atoms with Gasteiger partial charge in [0.05, 0.1) is 21.7 Å². The minimum atomic E-state index is -3.24. The molecule has 0 amide bonds. The highest BCUT2D eigenvalue weighted by Crippen LogP contribution is 2.42. The van der Waals surface area contributed by atoms with Gasteiger partial charge in [-0.1, -0.05) is 12.0 Å². The van der Waals surface area contributed by atoms with E-state index >= 15 is 4.39 Å². The number of ether oxygens (including phenoxy) is 1. The fraction of sp³-hybridized carbons (Fsp3) is 0.424. The average molecular weight is 652 g/mol. The lowest BCUT2D eigenvalue weighted by atomic mass is 9.95. The quantitative estimate of drug-likeness (QED) is 0.295. The molecule has 2 atom stereocenters. The Morgan fingerprint density at radius 3 is 2.70 bits per heavy atom. The zero-order chi connectivity index (χ0) is 32.4. The van der Waals surface area contributed by atoms with E-state index in [0.717, 1.165) is 19.4 Å². The fourth-order valence-corrected chi connectivity index (χ4v) is 8.48. The van der Waals surface area contributed by atoms with E-state index in [2.05, 4.69) is 25.8 Å². The Balaban J connectivity index is 1.36. The molecule has 0 spiro atoms. The SMILES string of the molecule is C#Cc1c(F)ccc2cc(O)cc(-c3ncc4c(N5CCC(S(C)(=O)=O)CC5)nc(OCC56CCCN5CC(F)C6)nc4c3F)c12. The summed E-state index contributed by atoms with van der Waals surface area (Å²) >= 11 is 0. The highest BCUT2D eigenvalue weighted by molar-refractivity contribution is 7.91. The lowest BCUT2D eigenvalue weighted by Crippen LogP contribution is -2.43. The number of pyridine rings is 1. The van der Waals surface area contributed by atoms with Crippen molar-refractivity contribution >= 4 is 37.3 Å². The zero-order valence-corrected chi connectivity index (χ0v) is 26.0. The number of aromatic nitrogens is 3. The maximum Gasteiger partial charge on any atom is 0.319 e. The molecule has 0 saturated carbocycles. The fourth-order valence-electron chi connectivity index (χ4n) is 7.41. The second kappa shape index (κ2) is 11.3. The standard InChI is InChI=1S/C33H32F3N5O4S/c1-3-23-26(35)6-5-19-13-21(42)14-24(27(19)23)29-28(36)30-25(16-37-29)31(40-11-7-22(8-12-40)46(2,43)44)39-32(38-30)45-18-33-9-4-10-41(33)17-20(34)15-33/h1,5-6,13-14,16,20,22,42H,4,7-12,15,17-18H2,2H3. The Hall–Kier alpha value is -4.15. The molecule has 3 aliphatic heterocycles. The predicted octanol–water partition coefficient (Wildman–Crippen LogP) is 4.78. The Bertz CT molecular complexity index is 2030. The summed E-state index contributed by atoms with van der Waals surface area (Å²) in [6, 6.07) is 5.19. The maximum absolute atomic E-state index is 16.7. The van der Waals surface area contributed by atoms with Crippen LogP contribution >= 0.6 is 0 Å². The molecule has 2 unspecified atom stereocenters. The molecule has 46 heavy (non-hydrogen) atoms. The molecule has 5 heterocycles. The van der Waals surface area contributed by atoms with Crippen LogP contribution in [0.2, 0.25) is 0 Å². The number of benzene rings is 2. The third-order valence-corrected chi connectivity index (χ3v) is 11.4. The molecular weight excluding hydrogens is 619 g/mol. The molecule has 9 nitrogen and oxygen atoms in total. The number of sulfone groups is 1. The molecule has 4 aromatic rings. The van der Waals surface area contributed by atoms with E-state index in [1.54, 1.807) is 0 Å². The van der Waals surface area contributed by atoms with Crippen molar-refractivity contribution in [2.75, 3.05) is 43.9 Å². The number of phenols is 1. The van der Waals surface area contributed by atoms with Crippen LogP contribution in [0, 0.1) is 24.0 Å². The molecule has 0 radical (unpaired) electrons. The molecule has 3 fully saturated rings. The number of phenolic OH excluding ortho intramolecular Hbond substituents is 1. The van der Waals surface area contributed by atoms with Gasteiger partial charge in [0.2, 0.25) is 0 Å². The summed E-state index contributed by atoms with van der Waals surface area (Å²) in [5.41, 5.74) is -0.847. The molecule has 2 aromatic heterocycles. The van der Waals surface area contributed by atoms with Gasteiger partial charge in [-0.15, -0.1) is 6.42 Å². The van der Waals surface area contributed by atoms with Crippen LogP contribution in [0.1, 0.15) is 37.7 Å². The normalized spacial score (nSPS) is 22.4. The van der Waals surface area contributed by atoms with Gasteiger partial charge < -0.3 is 14.7 Å². The van der Waals surface area contributed by atoms with Gasteiger partial charge in [-0.25, -0.2) is 21.6 Å². The van der Waals surface area contributed by atoms with Crippen LogP contribution in [0.25, 0.3) is 32.9 Å². The number of hydrogen-bond donors (Lipinski definition) is 1. The van der Waals surface area contributed by atoms with E-state index in [-0.39, 0.29) is 51.5 Å². The van der Waals surface area contributed by atoms with Crippen LogP contribution in [-0.4, -0.2) is 89.4 Å². The molecule has 0 aliphatic carbocycles. The van der Waals surface area contributed by atoms with Gasteiger partial charge >= 0.3 is 6.01 Å². The maximum atomic E-state index is 16.7. The first-order valence-electron chi connectivity index (χ1n) is 15.2. The Kier molecular flexibility index (Phi) is 7.48. The topological polar surface area (TPSA) is 109 Å². The smallest absolute Gasteiger partial charge is 0.319 e.